The summed E-state index contributed by atoms with van der Waals surface area (Å²) in [5.74, 6) is 0.695. The molecular formula is C20H24ClFN2O2. The van der Waals surface area contributed by atoms with Crippen LogP contribution < -0.4 is 14.4 Å². The minimum absolute atomic E-state index is 0.292. The minimum atomic E-state index is -0.300. The van der Waals surface area contributed by atoms with E-state index in [1.165, 1.54) is 7.11 Å². The third-order valence-corrected chi connectivity index (χ3v) is 5.12. The van der Waals surface area contributed by atoms with Crippen LogP contribution in [0.1, 0.15) is 5.56 Å². The summed E-state index contributed by atoms with van der Waals surface area (Å²) in [5.41, 5.74) is 2.12. The highest BCUT2D eigenvalue weighted by atomic mass is 35.5. The number of rotatable bonds is 6. The van der Waals surface area contributed by atoms with Crippen LogP contribution in [-0.2, 0) is 6.42 Å². The van der Waals surface area contributed by atoms with Gasteiger partial charge in [-0.2, -0.15) is 0 Å². The Balaban J connectivity index is 1.51. The van der Waals surface area contributed by atoms with Crippen LogP contribution in [0.4, 0.5) is 10.1 Å². The van der Waals surface area contributed by atoms with Gasteiger partial charge in [0.25, 0.3) is 0 Å². The lowest BCUT2D eigenvalue weighted by atomic mass is 10.1. The molecule has 1 heterocycles. The van der Waals surface area contributed by atoms with E-state index in [1.807, 2.05) is 24.3 Å². The number of benzene rings is 2. The SMILES string of the molecule is COc1ccc(CCN2CCN(c3ccc(Cl)c(OC)c3)CC2)cc1F. The molecule has 0 atom stereocenters. The second-order valence-corrected chi connectivity index (χ2v) is 6.77. The van der Waals surface area contributed by atoms with Crippen LogP contribution in [0.5, 0.6) is 11.5 Å². The number of halogens is 2. The van der Waals surface area contributed by atoms with Gasteiger partial charge in [-0.15, -0.1) is 0 Å². The molecule has 0 amide bonds. The number of ether oxygens (including phenoxy) is 2. The summed E-state index contributed by atoms with van der Waals surface area (Å²) in [4.78, 5) is 4.74. The van der Waals surface area contributed by atoms with E-state index in [2.05, 4.69) is 9.80 Å². The van der Waals surface area contributed by atoms with Gasteiger partial charge in [-0.3, -0.25) is 4.90 Å². The van der Waals surface area contributed by atoms with E-state index in [4.69, 9.17) is 21.1 Å². The summed E-state index contributed by atoms with van der Waals surface area (Å²) < 4.78 is 24.0. The molecule has 26 heavy (non-hydrogen) atoms. The topological polar surface area (TPSA) is 24.9 Å². The highest BCUT2D eigenvalue weighted by Gasteiger charge is 2.18. The van der Waals surface area contributed by atoms with Gasteiger partial charge in [0.05, 0.1) is 19.2 Å². The Kier molecular flexibility index (Phi) is 6.22. The lowest BCUT2D eigenvalue weighted by Crippen LogP contribution is -2.47. The van der Waals surface area contributed by atoms with E-state index >= 15 is 0 Å². The Morgan fingerprint density at radius 2 is 1.69 bits per heavy atom. The number of nitrogens with zero attached hydrogens (tertiary/aromatic N) is 2. The fourth-order valence-electron chi connectivity index (χ4n) is 3.23. The molecule has 0 saturated carbocycles. The Labute approximate surface area is 159 Å². The molecule has 0 spiro atoms. The molecule has 2 aromatic carbocycles. The van der Waals surface area contributed by atoms with Crippen LogP contribution in [-0.4, -0.2) is 51.8 Å². The van der Waals surface area contributed by atoms with Crippen LogP contribution in [0.2, 0.25) is 5.02 Å². The van der Waals surface area contributed by atoms with E-state index in [-0.39, 0.29) is 5.82 Å². The second kappa shape index (κ2) is 8.60. The first-order valence-electron chi connectivity index (χ1n) is 8.74. The van der Waals surface area contributed by atoms with Crippen molar-refractivity contribution in [3.05, 3.63) is 52.8 Å². The van der Waals surface area contributed by atoms with Gasteiger partial charge in [0, 0.05) is 44.5 Å². The molecule has 3 rings (SSSR count). The molecule has 1 aliphatic rings. The Morgan fingerprint density at radius 1 is 0.962 bits per heavy atom. The maximum absolute atomic E-state index is 13.8. The van der Waals surface area contributed by atoms with Crippen LogP contribution >= 0.6 is 11.6 Å². The van der Waals surface area contributed by atoms with Crippen molar-refractivity contribution in [1.29, 1.82) is 0 Å². The Bertz CT molecular complexity index is 749. The number of piperazine rings is 1. The van der Waals surface area contributed by atoms with Gasteiger partial charge in [0.2, 0.25) is 0 Å². The van der Waals surface area contributed by atoms with E-state index in [1.54, 1.807) is 19.2 Å². The first-order chi connectivity index (χ1) is 12.6. The van der Waals surface area contributed by atoms with Crippen molar-refractivity contribution < 1.29 is 13.9 Å². The minimum Gasteiger partial charge on any atom is -0.495 e. The average Bonchev–Trinajstić information content (AvgIpc) is 2.67. The molecule has 0 unspecified atom stereocenters. The third kappa shape index (κ3) is 4.40. The predicted octanol–water partition coefficient (Wildman–Crippen LogP) is 3.86. The van der Waals surface area contributed by atoms with Crippen LogP contribution in [0.15, 0.2) is 36.4 Å². The molecule has 0 radical (unpaired) electrons. The number of methoxy groups -OCH3 is 2. The van der Waals surface area contributed by atoms with Crippen molar-refractivity contribution in [3.63, 3.8) is 0 Å². The summed E-state index contributed by atoms with van der Waals surface area (Å²) in [6.07, 6.45) is 0.829. The normalized spacial score (nSPS) is 15.2. The van der Waals surface area contributed by atoms with Crippen LogP contribution in [0, 0.1) is 5.82 Å². The van der Waals surface area contributed by atoms with Gasteiger partial charge < -0.3 is 14.4 Å². The van der Waals surface area contributed by atoms with E-state index in [0.29, 0.717) is 16.5 Å². The molecule has 2 aromatic rings. The fourth-order valence-corrected chi connectivity index (χ4v) is 3.42. The zero-order chi connectivity index (χ0) is 18.5. The third-order valence-electron chi connectivity index (χ3n) is 4.81. The Morgan fingerprint density at radius 3 is 2.35 bits per heavy atom. The average molecular weight is 379 g/mol. The molecule has 0 aliphatic carbocycles. The first-order valence-corrected chi connectivity index (χ1v) is 9.12. The molecule has 4 nitrogen and oxygen atoms in total. The maximum Gasteiger partial charge on any atom is 0.165 e. The van der Waals surface area contributed by atoms with Gasteiger partial charge in [-0.25, -0.2) is 4.39 Å². The van der Waals surface area contributed by atoms with Gasteiger partial charge in [-0.05, 0) is 36.2 Å². The van der Waals surface area contributed by atoms with E-state index in [9.17, 15) is 4.39 Å². The van der Waals surface area contributed by atoms with Crippen molar-refractivity contribution in [2.75, 3.05) is 51.8 Å². The van der Waals surface area contributed by atoms with Crippen molar-refractivity contribution in [1.82, 2.24) is 4.90 Å². The number of hydrogen-bond acceptors (Lipinski definition) is 4. The van der Waals surface area contributed by atoms with Gasteiger partial charge in [-0.1, -0.05) is 17.7 Å². The van der Waals surface area contributed by atoms with E-state index < -0.39 is 0 Å². The van der Waals surface area contributed by atoms with Crippen molar-refractivity contribution in [2.45, 2.75) is 6.42 Å². The first kappa shape index (κ1) is 18.8. The summed E-state index contributed by atoms with van der Waals surface area (Å²) in [6, 6.07) is 11.1. The molecule has 0 aromatic heterocycles. The molecule has 6 heteroatoms. The van der Waals surface area contributed by atoms with Crippen LogP contribution in [0.25, 0.3) is 0 Å². The monoisotopic (exact) mass is 378 g/mol. The highest BCUT2D eigenvalue weighted by Crippen LogP contribution is 2.29. The van der Waals surface area contributed by atoms with Gasteiger partial charge >= 0.3 is 0 Å². The fraction of sp³-hybridized carbons (Fsp3) is 0.400. The van der Waals surface area contributed by atoms with Crippen LogP contribution in [0.3, 0.4) is 0 Å². The predicted molar refractivity (Wildman–Crippen MR) is 103 cm³/mol. The maximum atomic E-state index is 13.8. The molecule has 1 saturated heterocycles. The number of hydrogen-bond donors (Lipinski definition) is 0. The molecule has 140 valence electrons. The lowest BCUT2D eigenvalue weighted by Gasteiger charge is -2.36. The standard InChI is InChI=1S/C20H24ClFN2O2/c1-25-19-6-3-15(13-18(19)22)7-8-23-9-11-24(12-10-23)16-4-5-17(21)20(14-16)26-2/h3-6,13-14H,7-12H2,1-2H3. The molecule has 0 N–H and O–H groups in total. The zero-order valence-corrected chi connectivity index (χ0v) is 15.9. The lowest BCUT2D eigenvalue weighted by molar-refractivity contribution is 0.261. The number of anilines is 1. The largest absolute Gasteiger partial charge is 0.495 e. The quantitative estimate of drug-likeness (QED) is 0.762. The smallest absolute Gasteiger partial charge is 0.165 e. The van der Waals surface area contributed by atoms with E-state index in [0.717, 1.165) is 50.4 Å². The summed E-state index contributed by atoms with van der Waals surface area (Å²) >= 11 is 6.10. The summed E-state index contributed by atoms with van der Waals surface area (Å²) in [6.45, 7) is 4.76. The molecular weight excluding hydrogens is 355 g/mol. The van der Waals surface area contributed by atoms with Crippen molar-refractivity contribution >= 4 is 17.3 Å². The second-order valence-electron chi connectivity index (χ2n) is 6.37. The zero-order valence-electron chi connectivity index (χ0n) is 15.2. The van der Waals surface area contributed by atoms with Gasteiger partial charge in [0.1, 0.15) is 5.75 Å². The van der Waals surface area contributed by atoms with Crippen molar-refractivity contribution in [3.8, 4) is 11.5 Å². The Hall–Kier alpha value is -1.98. The van der Waals surface area contributed by atoms with Gasteiger partial charge in [0.15, 0.2) is 11.6 Å². The van der Waals surface area contributed by atoms with Crippen molar-refractivity contribution in [2.24, 2.45) is 0 Å². The molecule has 1 aliphatic heterocycles. The molecule has 0 bridgehead atoms. The highest BCUT2D eigenvalue weighted by molar-refractivity contribution is 6.32. The molecule has 1 fully saturated rings. The summed E-state index contributed by atoms with van der Waals surface area (Å²) in [5, 5.41) is 0.626. The summed E-state index contributed by atoms with van der Waals surface area (Å²) in [7, 11) is 3.11.